The molecule has 0 aromatic carbocycles. The summed E-state index contributed by atoms with van der Waals surface area (Å²) in [5.74, 6) is -1.29. The highest BCUT2D eigenvalue weighted by Gasteiger charge is 2.28. The number of urea groups is 1. The fourth-order valence-electron chi connectivity index (χ4n) is 2.23. The first-order chi connectivity index (χ1) is 11.0. The molecule has 1 aliphatic heterocycles. The third kappa shape index (κ3) is 3.82. The van der Waals surface area contributed by atoms with Gasteiger partial charge in [-0.3, -0.25) is 14.4 Å². The Morgan fingerprint density at radius 3 is 2.78 bits per heavy atom. The Balaban J connectivity index is 1.99. The maximum absolute atomic E-state index is 12.1. The number of imide groups is 1. The quantitative estimate of drug-likeness (QED) is 0.788. The molecule has 0 aliphatic carbocycles. The van der Waals surface area contributed by atoms with Crippen LogP contribution in [0.5, 0.6) is 0 Å². The second-order valence-electron chi connectivity index (χ2n) is 5.18. The van der Waals surface area contributed by atoms with Crippen molar-refractivity contribution in [2.75, 3.05) is 19.7 Å². The minimum absolute atomic E-state index is 0.154. The first-order valence-electron chi connectivity index (χ1n) is 7.44. The number of carbonyl (C=O) groups is 3. The van der Waals surface area contributed by atoms with Gasteiger partial charge in [0.1, 0.15) is 10.7 Å². The van der Waals surface area contributed by atoms with Gasteiger partial charge in [-0.2, -0.15) is 5.10 Å². The van der Waals surface area contributed by atoms with Gasteiger partial charge in [0, 0.05) is 19.6 Å². The van der Waals surface area contributed by atoms with Gasteiger partial charge in [0.15, 0.2) is 6.61 Å². The molecule has 2 rings (SSSR count). The summed E-state index contributed by atoms with van der Waals surface area (Å²) >= 11 is 6.17. The van der Waals surface area contributed by atoms with Crippen molar-refractivity contribution in [1.29, 1.82) is 0 Å². The lowest BCUT2D eigenvalue weighted by atomic mass is 10.3. The lowest BCUT2D eigenvalue weighted by molar-refractivity contribution is -0.130. The third-order valence-electron chi connectivity index (χ3n) is 3.48. The van der Waals surface area contributed by atoms with Crippen LogP contribution in [-0.2, 0) is 16.1 Å². The summed E-state index contributed by atoms with van der Waals surface area (Å²) in [5.41, 5.74) is 0.601. The molecule has 126 valence electrons. The largest absolute Gasteiger partial charge is 0.452 e. The number of nitrogens with zero attached hydrogens (tertiary/aromatic N) is 3. The van der Waals surface area contributed by atoms with Gasteiger partial charge < -0.3 is 10.1 Å². The van der Waals surface area contributed by atoms with Crippen LogP contribution in [0, 0.1) is 6.92 Å². The molecule has 0 saturated carbocycles. The predicted molar refractivity (Wildman–Crippen MR) is 82.3 cm³/mol. The fourth-order valence-corrected chi connectivity index (χ4v) is 2.56. The number of unbranched alkanes of at least 4 members (excludes halogenated alkanes) is 1. The highest BCUT2D eigenvalue weighted by molar-refractivity contribution is 6.32. The summed E-state index contributed by atoms with van der Waals surface area (Å²) in [6.07, 6.45) is 1.86. The summed E-state index contributed by atoms with van der Waals surface area (Å²) in [4.78, 5) is 36.4. The summed E-state index contributed by atoms with van der Waals surface area (Å²) in [5, 5.41) is 6.91. The van der Waals surface area contributed by atoms with Crippen LogP contribution in [0.1, 0.15) is 35.8 Å². The zero-order chi connectivity index (χ0) is 17.0. The standard InChI is InChI=1S/C14H19ClN4O4/c1-3-4-6-19-12(15)11(9(2)17-19)13(21)23-8-10(20)18-7-5-16-14(18)22/h3-8H2,1-2H3,(H,16,22). The van der Waals surface area contributed by atoms with E-state index in [1.807, 2.05) is 6.92 Å². The number of halogens is 1. The fraction of sp³-hybridized carbons (Fsp3) is 0.571. The number of carbonyl (C=O) groups excluding carboxylic acids is 3. The van der Waals surface area contributed by atoms with Crippen molar-refractivity contribution < 1.29 is 19.1 Å². The molecule has 1 saturated heterocycles. The molecule has 8 nitrogen and oxygen atoms in total. The van der Waals surface area contributed by atoms with Gasteiger partial charge in [0.05, 0.1) is 5.69 Å². The van der Waals surface area contributed by atoms with E-state index in [2.05, 4.69) is 10.4 Å². The molecular formula is C14H19ClN4O4. The molecule has 1 aliphatic rings. The van der Waals surface area contributed by atoms with Gasteiger partial charge in [-0.1, -0.05) is 24.9 Å². The molecular weight excluding hydrogens is 324 g/mol. The average molecular weight is 343 g/mol. The van der Waals surface area contributed by atoms with Crippen molar-refractivity contribution >= 4 is 29.5 Å². The van der Waals surface area contributed by atoms with E-state index in [0.717, 1.165) is 17.7 Å². The van der Waals surface area contributed by atoms with E-state index >= 15 is 0 Å². The van der Waals surface area contributed by atoms with Gasteiger partial charge >= 0.3 is 12.0 Å². The summed E-state index contributed by atoms with van der Waals surface area (Å²) in [6.45, 7) is 4.45. The molecule has 1 N–H and O–H groups in total. The van der Waals surface area contributed by atoms with Gasteiger partial charge in [0.2, 0.25) is 0 Å². The first-order valence-corrected chi connectivity index (χ1v) is 7.81. The minimum atomic E-state index is -0.719. The number of ether oxygens (including phenoxy) is 1. The number of rotatable bonds is 6. The second-order valence-corrected chi connectivity index (χ2v) is 5.54. The van der Waals surface area contributed by atoms with Crippen LogP contribution < -0.4 is 5.32 Å². The molecule has 3 amide bonds. The smallest absolute Gasteiger partial charge is 0.343 e. The molecule has 0 spiro atoms. The zero-order valence-corrected chi connectivity index (χ0v) is 13.9. The van der Waals surface area contributed by atoms with E-state index in [4.69, 9.17) is 16.3 Å². The van der Waals surface area contributed by atoms with Crippen LogP contribution >= 0.6 is 11.6 Å². The molecule has 0 bridgehead atoms. The van der Waals surface area contributed by atoms with Crippen LogP contribution in [0.2, 0.25) is 5.15 Å². The Labute approximate surface area is 138 Å². The molecule has 1 fully saturated rings. The number of aromatic nitrogens is 2. The summed E-state index contributed by atoms with van der Waals surface area (Å²) in [7, 11) is 0. The number of hydrogen-bond acceptors (Lipinski definition) is 5. The van der Waals surface area contributed by atoms with Crippen molar-refractivity contribution in [1.82, 2.24) is 20.0 Å². The third-order valence-corrected chi connectivity index (χ3v) is 3.86. The van der Waals surface area contributed by atoms with E-state index in [-0.39, 0.29) is 17.3 Å². The summed E-state index contributed by atoms with van der Waals surface area (Å²) < 4.78 is 6.53. The normalized spacial score (nSPS) is 14.0. The number of nitrogens with one attached hydrogen (secondary N) is 1. The maximum Gasteiger partial charge on any atom is 0.343 e. The van der Waals surface area contributed by atoms with Crippen LogP contribution in [0.15, 0.2) is 0 Å². The van der Waals surface area contributed by atoms with Gasteiger partial charge in [-0.05, 0) is 13.3 Å². The van der Waals surface area contributed by atoms with E-state index in [1.54, 1.807) is 11.6 Å². The van der Waals surface area contributed by atoms with Crippen molar-refractivity contribution in [3.05, 3.63) is 16.4 Å². The van der Waals surface area contributed by atoms with Crippen LogP contribution in [0.4, 0.5) is 4.79 Å². The number of hydrogen-bond donors (Lipinski definition) is 1. The zero-order valence-electron chi connectivity index (χ0n) is 13.1. The second kappa shape index (κ2) is 7.45. The Kier molecular flexibility index (Phi) is 5.59. The Bertz CT molecular complexity index is 629. The first kappa shape index (κ1) is 17.3. The van der Waals surface area contributed by atoms with E-state index in [0.29, 0.717) is 18.8 Å². The lowest BCUT2D eigenvalue weighted by Crippen LogP contribution is -2.37. The molecule has 0 unspecified atom stereocenters. The van der Waals surface area contributed by atoms with E-state index in [1.165, 1.54) is 0 Å². The topological polar surface area (TPSA) is 93.5 Å². The van der Waals surface area contributed by atoms with E-state index < -0.39 is 24.5 Å². The van der Waals surface area contributed by atoms with Crippen LogP contribution in [0.3, 0.4) is 0 Å². The Morgan fingerprint density at radius 1 is 1.43 bits per heavy atom. The van der Waals surface area contributed by atoms with Crippen molar-refractivity contribution in [2.24, 2.45) is 0 Å². The van der Waals surface area contributed by atoms with Crippen LogP contribution in [0.25, 0.3) is 0 Å². The average Bonchev–Trinajstić information content (AvgIpc) is 3.06. The monoisotopic (exact) mass is 342 g/mol. The van der Waals surface area contributed by atoms with E-state index in [9.17, 15) is 14.4 Å². The van der Waals surface area contributed by atoms with Gasteiger partial charge in [0.25, 0.3) is 5.91 Å². The molecule has 1 aromatic heterocycles. The molecule has 2 heterocycles. The molecule has 0 atom stereocenters. The highest BCUT2D eigenvalue weighted by Crippen LogP contribution is 2.21. The molecule has 9 heteroatoms. The SMILES string of the molecule is CCCCn1nc(C)c(C(=O)OCC(=O)N2CCNC2=O)c1Cl. The minimum Gasteiger partial charge on any atom is -0.452 e. The van der Waals surface area contributed by atoms with Crippen LogP contribution in [-0.4, -0.2) is 52.3 Å². The molecule has 23 heavy (non-hydrogen) atoms. The van der Waals surface area contributed by atoms with Crippen molar-refractivity contribution in [3.63, 3.8) is 0 Å². The molecule has 1 aromatic rings. The molecule has 0 radical (unpaired) electrons. The summed E-state index contributed by atoms with van der Waals surface area (Å²) in [6, 6.07) is -0.479. The predicted octanol–water partition coefficient (Wildman–Crippen LogP) is 1.35. The number of esters is 1. The van der Waals surface area contributed by atoms with Gasteiger partial charge in [-0.25, -0.2) is 9.59 Å². The Morgan fingerprint density at radius 2 is 2.17 bits per heavy atom. The van der Waals surface area contributed by atoms with Gasteiger partial charge in [-0.15, -0.1) is 0 Å². The van der Waals surface area contributed by atoms with Crippen molar-refractivity contribution in [2.45, 2.75) is 33.2 Å². The number of aryl methyl sites for hydroxylation is 2. The lowest BCUT2D eigenvalue weighted by Gasteiger charge is -2.12. The van der Waals surface area contributed by atoms with Crippen molar-refractivity contribution in [3.8, 4) is 0 Å². The number of amides is 3. The Hall–Kier alpha value is -2.09. The highest BCUT2D eigenvalue weighted by atomic mass is 35.5. The maximum atomic E-state index is 12.1.